The molecule has 0 fully saturated rings. The number of urea groups is 1. The number of carboxylic acid groups (broad SMARTS) is 1. The third-order valence-corrected chi connectivity index (χ3v) is 2.92. The Kier molecular flexibility index (Phi) is 5.43. The van der Waals surface area contributed by atoms with Gasteiger partial charge in [-0.25, -0.2) is 18.4 Å². The number of carbonyl (C=O) groups is 2. The van der Waals surface area contributed by atoms with Crippen LogP contribution >= 0.6 is 15.9 Å². The third kappa shape index (κ3) is 4.16. The Hall–Kier alpha value is -1.70. The lowest BCUT2D eigenvalue weighted by atomic mass is 10.1. The molecule has 1 atom stereocenters. The van der Waals surface area contributed by atoms with Gasteiger partial charge in [-0.2, -0.15) is 0 Å². The minimum Gasteiger partial charge on any atom is -0.480 e. The molecule has 0 heterocycles. The molecule has 0 saturated heterocycles. The summed E-state index contributed by atoms with van der Waals surface area (Å²) in [6.45, 7) is 3.19. The van der Waals surface area contributed by atoms with Crippen LogP contribution in [0.4, 0.5) is 19.3 Å². The van der Waals surface area contributed by atoms with Gasteiger partial charge in [-0.15, -0.1) is 0 Å². The Morgan fingerprint density at radius 3 is 2.15 bits per heavy atom. The Labute approximate surface area is 122 Å². The monoisotopic (exact) mass is 350 g/mol. The van der Waals surface area contributed by atoms with Gasteiger partial charge in [0, 0.05) is 4.47 Å². The average molecular weight is 351 g/mol. The number of amides is 2. The number of hydrogen-bond donors (Lipinski definition) is 3. The fraction of sp³-hybridized carbons (Fsp3) is 0.333. The number of carboxylic acids is 1. The molecule has 0 radical (unpaired) electrons. The quantitative estimate of drug-likeness (QED) is 0.781. The van der Waals surface area contributed by atoms with Crippen LogP contribution in [0.3, 0.4) is 0 Å². The highest BCUT2D eigenvalue weighted by molar-refractivity contribution is 9.10. The Bertz CT molecular complexity index is 514. The van der Waals surface area contributed by atoms with E-state index in [0.717, 1.165) is 12.1 Å². The number of rotatable bonds is 4. The van der Waals surface area contributed by atoms with Crippen molar-refractivity contribution in [2.75, 3.05) is 5.32 Å². The highest BCUT2D eigenvalue weighted by Crippen LogP contribution is 2.23. The summed E-state index contributed by atoms with van der Waals surface area (Å²) in [5.74, 6) is -3.54. The molecule has 8 heteroatoms. The van der Waals surface area contributed by atoms with E-state index in [-0.39, 0.29) is 10.4 Å². The zero-order valence-corrected chi connectivity index (χ0v) is 12.3. The molecule has 20 heavy (non-hydrogen) atoms. The van der Waals surface area contributed by atoms with Gasteiger partial charge in [-0.3, -0.25) is 0 Å². The molecule has 0 aromatic heterocycles. The lowest BCUT2D eigenvalue weighted by Gasteiger charge is -2.18. The zero-order chi connectivity index (χ0) is 15.4. The van der Waals surface area contributed by atoms with Crippen LogP contribution in [-0.4, -0.2) is 23.1 Å². The number of carbonyl (C=O) groups excluding carboxylic acids is 1. The summed E-state index contributed by atoms with van der Waals surface area (Å²) in [4.78, 5) is 22.5. The second kappa shape index (κ2) is 6.65. The highest BCUT2D eigenvalue weighted by Gasteiger charge is 2.24. The van der Waals surface area contributed by atoms with E-state index in [1.54, 1.807) is 13.8 Å². The summed E-state index contributed by atoms with van der Waals surface area (Å²) < 4.78 is 27.2. The van der Waals surface area contributed by atoms with Crippen molar-refractivity contribution in [3.05, 3.63) is 28.2 Å². The maximum atomic E-state index is 13.5. The minimum atomic E-state index is -1.23. The number of hydrogen-bond acceptors (Lipinski definition) is 2. The van der Waals surface area contributed by atoms with E-state index in [1.165, 1.54) is 0 Å². The first kappa shape index (κ1) is 16.4. The van der Waals surface area contributed by atoms with E-state index in [9.17, 15) is 18.4 Å². The van der Waals surface area contributed by atoms with Gasteiger partial charge in [-0.05, 0) is 18.1 Å². The van der Waals surface area contributed by atoms with Crippen LogP contribution < -0.4 is 10.6 Å². The number of aliphatic carboxylic acids is 1. The molecule has 0 bridgehead atoms. The fourth-order valence-electron chi connectivity index (χ4n) is 1.47. The van der Waals surface area contributed by atoms with E-state index >= 15 is 0 Å². The molecule has 0 saturated carbocycles. The van der Waals surface area contributed by atoms with E-state index in [1.807, 2.05) is 5.32 Å². The first-order valence-electron chi connectivity index (χ1n) is 5.67. The zero-order valence-electron chi connectivity index (χ0n) is 10.7. The van der Waals surface area contributed by atoms with Gasteiger partial charge in [0.25, 0.3) is 0 Å². The van der Waals surface area contributed by atoms with Crippen LogP contribution in [0.25, 0.3) is 0 Å². The molecule has 1 aromatic rings. The van der Waals surface area contributed by atoms with Crippen molar-refractivity contribution in [1.29, 1.82) is 0 Å². The molecule has 5 nitrogen and oxygen atoms in total. The smallest absolute Gasteiger partial charge is 0.326 e. The molecule has 1 unspecified atom stereocenters. The van der Waals surface area contributed by atoms with Crippen LogP contribution in [0.5, 0.6) is 0 Å². The van der Waals surface area contributed by atoms with E-state index in [0.29, 0.717) is 0 Å². The third-order valence-electron chi connectivity index (χ3n) is 2.46. The van der Waals surface area contributed by atoms with E-state index in [2.05, 4.69) is 21.2 Å². The van der Waals surface area contributed by atoms with Crippen LogP contribution in [0.1, 0.15) is 13.8 Å². The van der Waals surface area contributed by atoms with Crippen LogP contribution in [0.2, 0.25) is 0 Å². The standard InChI is InChI=1S/C12H13BrF2N2O3/c1-5(2)9(11(18)19)16-12(20)17-10-7(14)3-6(13)4-8(10)15/h3-5,9H,1-2H3,(H,18,19)(H2,16,17,20). The first-order valence-corrected chi connectivity index (χ1v) is 6.46. The second-order valence-corrected chi connectivity index (χ2v) is 5.32. The lowest BCUT2D eigenvalue weighted by molar-refractivity contribution is -0.140. The van der Waals surface area contributed by atoms with Crippen LogP contribution in [0, 0.1) is 17.6 Å². The summed E-state index contributed by atoms with van der Waals surface area (Å²) in [7, 11) is 0. The molecule has 110 valence electrons. The molecule has 1 aromatic carbocycles. The minimum absolute atomic E-state index is 0.184. The van der Waals surface area contributed by atoms with Gasteiger partial charge in [0.2, 0.25) is 0 Å². The van der Waals surface area contributed by atoms with Crippen LogP contribution in [-0.2, 0) is 4.79 Å². The number of benzene rings is 1. The van der Waals surface area contributed by atoms with Gasteiger partial charge < -0.3 is 15.7 Å². The number of anilines is 1. The summed E-state index contributed by atoms with van der Waals surface area (Å²) in [5.41, 5.74) is -0.640. The average Bonchev–Trinajstić information content (AvgIpc) is 2.29. The van der Waals surface area contributed by atoms with Crippen molar-refractivity contribution < 1.29 is 23.5 Å². The normalized spacial score (nSPS) is 12.1. The molecule has 1 rings (SSSR count). The molecule has 0 spiro atoms. The molecule has 2 amide bonds. The lowest BCUT2D eigenvalue weighted by Crippen LogP contribution is -2.46. The summed E-state index contributed by atoms with van der Waals surface area (Å²) in [6.07, 6.45) is 0. The van der Waals surface area contributed by atoms with Gasteiger partial charge in [-0.1, -0.05) is 29.8 Å². The molecule has 3 N–H and O–H groups in total. The van der Waals surface area contributed by atoms with Gasteiger partial charge in [0.05, 0.1) is 0 Å². The van der Waals surface area contributed by atoms with Crippen molar-refractivity contribution in [3.8, 4) is 0 Å². The van der Waals surface area contributed by atoms with Crippen molar-refractivity contribution in [1.82, 2.24) is 5.32 Å². The number of halogens is 3. The SMILES string of the molecule is CC(C)C(NC(=O)Nc1c(F)cc(Br)cc1F)C(=O)O. The topological polar surface area (TPSA) is 78.4 Å². The van der Waals surface area contributed by atoms with E-state index < -0.39 is 35.4 Å². The van der Waals surface area contributed by atoms with Crippen molar-refractivity contribution in [2.45, 2.75) is 19.9 Å². The van der Waals surface area contributed by atoms with Gasteiger partial charge in [0.1, 0.15) is 11.7 Å². The predicted octanol–water partition coefficient (Wildman–Crippen LogP) is 2.96. The molecule has 0 aliphatic rings. The maximum Gasteiger partial charge on any atom is 0.326 e. The Morgan fingerprint density at radius 1 is 1.25 bits per heavy atom. The van der Waals surface area contributed by atoms with Gasteiger partial charge in [0.15, 0.2) is 11.6 Å². The van der Waals surface area contributed by atoms with Crippen molar-refractivity contribution in [3.63, 3.8) is 0 Å². The fourth-order valence-corrected chi connectivity index (χ4v) is 1.87. The molecule has 0 aliphatic carbocycles. The van der Waals surface area contributed by atoms with Crippen molar-refractivity contribution >= 4 is 33.6 Å². The highest BCUT2D eigenvalue weighted by atomic mass is 79.9. The Morgan fingerprint density at radius 2 is 1.75 bits per heavy atom. The maximum absolute atomic E-state index is 13.5. The first-order chi connectivity index (χ1) is 9.22. The predicted molar refractivity (Wildman–Crippen MR) is 72.5 cm³/mol. The van der Waals surface area contributed by atoms with Crippen LogP contribution in [0.15, 0.2) is 16.6 Å². The molecular weight excluding hydrogens is 338 g/mol. The summed E-state index contributed by atoms with van der Waals surface area (Å²) in [6, 6.07) is -0.186. The Balaban J connectivity index is 2.84. The van der Waals surface area contributed by atoms with E-state index in [4.69, 9.17) is 5.11 Å². The largest absolute Gasteiger partial charge is 0.480 e. The summed E-state index contributed by atoms with van der Waals surface area (Å²) in [5, 5.41) is 13.0. The molecular formula is C12H13BrF2N2O3. The second-order valence-electron chi connectivity index (χ2n) is 4.40. The summed E-state index contributed by atoms with van der Waals surface area (Å²) >= 11 is 2.91. The van der Waals surface area contributed by atoms with Crippen molar-refractivity contribution in [2.24, 2.45) is 5.92 Å². The van der Waals surface area contributed by atoms with Gasteiger partial charge >= 0.3 is 12.0 Å². The number of nitrogens with one attached hydrogen (secondary N) is 2. The molecule has 0 aliphatic heterocycles.